The van der Waals surface area contributed by atoms with Crippen LogP contribution in [0.2, 0.25) is 0 Å². The van der Waals surface area contributed by atoms with E-state index in [2.05, 4.69) is 4.72 Å². The fourth-order valence-electron chi connectivity index (χ4n) is 1.54. The molecule has 7 heteroatoms. The minimum atomic E-state index is -3.92. The average molecular weight is 292 g/mol. The lowest BCUT2D eigenvalue weighted by Crippen LogP contribution is -2.13. The number of aromatic hydroxyl groups is 1. The highest BCUT2D eigenvalue weighted by atomic mass is 32.2. The lowest BCUT2D eigenvalue weighted by Gasteiger charge is -2.08. The lowest BCUT2D eigenvalue weighted by molar-refractivity contribution is 0.473. The number of hydrogen-bond donors (Lipinski definition) is 2. The molecule has 0 atom stereocenters. The molecule has 2 rings (SSSR count). The Bertz CT molecular complexity index is 798. The largest absolute Gasteiger partial charge is 0.508 e. The third-order valence-electron chi connectivity index (χ3n) is 2.47. The van der Waals surface area contributed by atoms with Crippen molar-refractivity contribution in [2.45, 2.75) is 4.90 Å². The molecule has 0 amide bonds. The van der Waals surface area contributed by atoms with Crippen LogP contribution in [-0.2, 0) is 10.0 Å². The molecule has 0 fully saturated rings. The number of anilines is 1. The average Bonchev–Trinajstić information content (AvgIpc) is 2.40. The maximum absolute atomic E-state index is 13.1. The summed E-state index contributed by atoms with van der Waals surface area (Å²) in [5, 5.41) is 18.0. The Balaban J connectivity index is 2.36. The van der Waals surface area contributed by atoms with Crippen LogP contribution < -0.4 is 4.72 Å². The monoisotopic (exact) mass is 292 g/mol. The fourth-order valence-corrected chi connectivity index (χ4v) is 2.63. The normalized spacial score (nSPS) is 10.8. The van der Waals surface area contributed by atoms with Crippen LogP contribution in [0.5, 0.6) is 5.75 Å². The van der Waals surface area contributed by atoms with Crippen LogP contribution in [0, 0.1) is 17.1 Å². The van der Waals surface area contributed by atoms with E-state index in [1.165, 1.54) is 24.3 Å². The minimum absolute atomic E-state index is 0.0614. The maximum atomic E-state index is 13.1. The molecule has 0 saturated carbocycles. The van der Waals surface area contributed by atoms with E-state index in [-0.39, 0.29) is 21.9 Å². The van der Waals surface area contributed by atoms with Crippen molar-refractivity contribution in [3.63, 3.8) is 0 Å². The molecule has 2 N–H and O–H groups in total. The van der Waals surface area contributed by atoms with E-state index in [1.807, 2.05) is 0 Å². The fraction of sp³-hybridized carbons (Fsp3) is 0. The van der Waals surface area contributed by atoms with E-state index in [9.17, 15) is 17.9 Å². The smallest absolute Gasteiger partial charge is 0.262 e. The molecule has 20 heavy (non-hydrogen) atoms. The summed E-state index contributed by atoms with van der Waals surface area (Å²) in [5.74, 6) is -0.919. The number of phenols is 1. The number of phenolic OH excluding ortho intramolecular Hbond substituents is 1. The van der Waals surface area contributed by atoms with E-state index in [4.69, 9.17) is 5.26 Å². The molecule has 0 aliphatic carbocycles. The molecule has 2 aromatic carbocycles. The summed E-state index contributed by atoms with van der Waals surface area (Å²) in [4.78, 5) is -0.139. The Labute approximate surface area is 115 Å². The van der Waals surface area contributed by atoms with Crippen molar-refractivity contribution in [2.75, 3.05) is 4.72 Å². The Morgan fingerprint density at radius 2 is 1.95 bits per heavy atom. The SMILES string of the molecule is N#Cc1cc(NS(=O)(=O)c2cccc(O)c2)ccc1F. The van der Waals surface area contributed by atoms with Gasteiger partial charge in [-0.2, -0.15) is 5.26 Å². The quantitative estimate of drug-likeness (QED) is 0.907. The number of nitrogens with zero attached hydrogens (tertiary/aromatic N) is 1. The van der Waals surface area contributed by atoms with Crippen molar-refractivity contribution in [1.29, 1.82) is 5.26 Å². The first kappa shape index (κ1) is 13.8. The van der Waals surface area contributed by atoms with Gasteiger partial charge in [0, 0.05) is 6.07 Å². The van der Waals surface area contributed by atoms with Gasteiger partial charge in [0.1, 0.15) is 17.6 Å². The molecule has 0 aliphatic heterocycles. The van der Waals surface area contributed by atoms with Gasteiger partial charge in [-0.3, -0.25) is 4.72 Å². The van der Waals surface area contributed by atoms with Crippen molar-refractivity contribution in [3.05, 3.63) is 53.8 Å². The van der Waals surface area contributed by atoms with Crippen molar-refractivity contribution < 1.29 is 17.9 Å². The predicted octanol–water partition coefficient (Wildman–Crippen LogP) is 2.20. The second-order valence-electron chi connectivity index (χ2n) is 3.91. The Kier molecular flexibility index (Phi) is 3.59. The van der Waals surface area contributed by atoms with E-state index in [0.717, 1.165) is 18.2 Å². The van der Waals surface area contributed by atoms with Crippen LogP contribution in [-0.4, -0.2) is 13.5 Å². The van der Waals surface area contributed by atoms with Gasteiger partial charge in [-0.25, -0.2) is 12.8 Å². The highest BCUT2D eigenvalue weighted by molar-refractivity contribution is 7.92. The number of sulfonamides is 1. The second kappa shape index (κ2) is 5.19. The van der Waals surface area contributed by atoms with Gasteiger partial charge in [-0.1, -0.05) is 6.07 Å². The summed E-state index contributed by atoms with van der Waals surface area (Å²) >= 11 is 0. The van der Waals surface area contributed by atoms with E-state index < -0.39 is 15.8 Å². The van der Waals surface area contributed by atoms with Gasteiger partial charge < -0.3 is 5.11 Å². The Morgan fingerprint density at radius 1 is 1.20 bits per heavy atom. The summed E-state index contributed by atoms with van der Waals surface area (Å²) < 4.78 is 39.4. The number of halogens is 1. The molecule has 5 nitrogen and oxygen atoms in total. The number of hydrogen-bond acceptors (Lipinski definition) is 4. The van der Waals surface area contributed by atoms with Crippen molar-refractivity contribution in [1.82, 2.24) is 0 Å². The molecular weight excluding hydrogens is 283 g/mol. The van der Waals surface area contributed by atoms with Crippen LogP contribution in [0.15, 0.2) is 47.4 Å². The number of rotatable bonds is 3. The molecule has 0 aromatic heterocycles. The van der Waals surface area contributed by atoms with E-state index >= 15 is 0 Å². The van der Waals surface area contributed by atoms with Crippen LogP contribution in [0.4, 0.5) is 10.1 Å². The molecule has 0 aliphatic rings. The first-order valence-electron chi connectivity index (χ1n) is 5.44. The van der Waals surface area contributed by atoms with Gasteiger partial charge in [0.15, 0.2) is 0 Å². The van der Waals surface area contributed by atoms with Gasteiger partial charge in [0.2, 0.25) is 0 Å². The molecule has 0 saturated heterocycles. The Hall–Kier alpha value is -2.59. The lowest BCUT2D eigenvalue weighted by atomic mass is 10.2. The summed E-state index contributed by atoms with van der Waals surface area (Å²) in [6.45, 7) is 0. The van der Waals surface area contributed by atoms with Gasteiger partial charge in [0.25, 0.3) is 10.0 Å². The summed E-state index contributed by atoms with van der Waals surface area (Å²) in [6.07, 6.45) is 0. The third-order valence-corrected chi connectivity index (χ3v) is 3.85. The molecule has 0 radical (unpaired) electrons. The zero-order valence-corrected chi connectivity index (χ0v) is 10.9. The molecule has 102 valence electrons. The van der Waals surface area contributed by atoms with E-state index in [1.54, 1.807) is 6.07 Å². The topological polar surface area (TPSA) is 90.2 Å². The summed E-state index contributed by atoms with van der Waals surface area (Å²) in [5.41, 5.74) is -0.201. The van der Waals surface area contributed by atoms with Crippen LogP contribution in [0.3, 0.4) is 0 Å². The number of nitriles is 1. The first-order chi connectivity index (χ1) is 9.42. The third kappa shape index (κ3) is 2.87. The Morgan fingerprint density at radius 3 is 2.60 bits per heavy atom. The van der Waals surface area contributed by atoms with Crippen LogP contribution in [0.25, 0.3) is 0 Å². The first-order valence-corrected chi connectivity index (χ1v) is 6.92. The highest BCUT2D eigenvalue weighted by Gasteiger charge is 2.15. The predicted molar refractivity (Wildman–Crippen MR) is 70.0 cm³/mol. The van der Waals surface area contributed by atoms with Crippen molar-refractivity contribution in [2.24, 2.45) is 0 Å². The molecule has 2 aromatic rings. The second-order valence-corrected chi connectivity index (χ2v) is 5.59. The number of benzene rings is 2. The van der Waals surface area contributed by atoms with Crippen LogP contribution in [0.1, 0.15) is 5.56 Å². The maximum Gasteiger partial charge on any atom is 0.262 e. The zero-order chi connectivity index (χ0) is 14.8. The summed E-state index contributed by atoms with van der Waals surface area (Å²) in [6, 6.07) is 10.0. The van der Waals surface area contributed by atoms with E-state index in [0.29, 0.717) is 0 Å². The van der Waals surface area contributed by atoms with Gasteiger partial charge in [-0.05, 0) is 30.3 Å². The molecule has 0 bridgehead atoms. The van der Waals surface area contributed by atoms with Gasteiger partial charge in [-0.15, -0.1) is 0 Å². The summed E-state index contributed by atoms with van der Waals surface area (Å²) in [7, 11) is -3.92. The molecule has 0 spiro atoms. The van der Waals surface area contributed by atoms with Gasteiger partial charge >= 0.3 is 0 Å². The zero-order valence-electron chi connectivity index (χ0n) is 10.0. The number of nitrogens with one attached hydrogen (secondary N) is 1. The van der Waals surface area contributed by atoms with Crippen LogP contribution >= 0.6 is 0 Å². The van der Waals surface area contributed by atoms with Crippen molar-refractivity contribution >= 4 is 15.7 Å². The minimum Gasteiger partial charge on any atom is -0.508 e. The molecular formula is C13H9FN2O3S. The standard InChI is InChI=1S/C13H9FN2O3S/c14-13-5-4-10(6-9(13)8-15)16-20(18,19)12-3-1-2-11(17)7-12/h1-7,16-17H. The molecule has 0 unspecified atom stereocenters. The molecule has 0 heterocycles. The van der Waals surface area contributed by atoms with Gasteiger partial charge in [0.05, 0.1) is 16.1 Å². The highest BCUT2D eigenvalue weighted by Crippen LogP contribution is 2.21. The van der Waals surface area contributed by atoms with Crippen molar-refractivity contribution in [3.8, 4) is 11.8 Å².